The van der Waals surface area contributed by atoms with E-state index in [0.717, 1.165) is 24.0 Å². The van der Waals surface area contributed by atoms with E-state index in [1.807, 2.05) is 32.0 Å². The summed E-state index contributed by atoms with van der Waals surface area (Å²) in [7, 11) is 0. The predicted octanol–water partition coefficient (Wildman–Crippen LogP) is 1.94. The van der Waals surface area contributed by atoms with Gasteiger partial charge in [-0.1, -0.05) is 12.1 Å². The second kappa shape index (κ2) is 5.63. The smallest absolute Gasteiger partial charge is 0.176 e. The number of nitrogens with zero attached hydrogens (tertiary/aromatic N) is 1. The fourth-order valence-corrected chi connectivity index (χ4v) is 2.15. The average molecular weight is 247 g/mol. The summed E-state index contributed by atoms with van der Waals surface area (Å²) in [4.78, 5) is 14.3. The topological polar surface area (TPSA) is 40.5 Å². The van der Waals surface area contributed by atoms with E-state index in [1.54, 1.807) is 0 Å². The Morgan fingerprint density at radius 3 is 2.61 bits per heavy atom. The maximum absolute atomic E-state index is 12.2. The molecule has 1 aliphatic carbocycles. The maximum atomic E-state index is 12.2. The van der Waals surface area contributed by atoms with Gasteiger partial charge < -0.3 is 5.11 Å². The molecular weight excluding hydrogens is 226 g/mol. The SMILES string of the molecule is Cc1ccc(C(=O)CN(CCO)C2CC2)cc1C. The number of aryl methyl sites for hydroxylation is 2. The molecule has 18 heavy (non-hydrogen) atoms. The summed E-state index contributed by atoms with van der Waals surface area (Å²) < 4.78 is 0. The molecule has 3 heteroatoms. The minimum absolute atomic E-state index is 0.122. The lowest BCUT2D eigenvalue weighted by Crippen LogP contribution is -2.34. The zero-order chi connectivity index (χ0) is 13.1. The third-order valence-corrected chi connectivity index (χ3v) is 3.63. The van der Waals surface area contributed by atoms with Crippen LogP contribution < -0.4 is 0 Å². The summed E-state index contributed by atoms with van der Waals surface area (Å²) in [6, 6.07) is 6.36. The quantitative estimate of drug-likeness (QED) is 0.781. The molecule has 1 fully saturated rings. The zero-order valence-corrected chi connectivity index (χ0v) is 11.1. The van der Waals surface area contributed by atoms with Crippen LogP contribution in [-0.4, -0.2) is 41.5 Å². The number of benzene rings is 1. The van der Waals surface area contributed by atoms with Crippen molar-refractivity contribution in [3.05, 3.63) is 34.9 Å². The molecular formula is C15H21NO2. The Labute approximate surface area is 108 Å². The number of carbonyl (C=O) groups is 1. The van der Waals surface area contributed by atoms with Crippen molar-refractivity contribution in [1.82, 2.24) is 4.90 Å². The summed E-state index contributed by atoms with van der Waals surface area (Å²) >= 11 is 0. The van der Waals surface area contributed by atoms with Gasteiger partial charge in [-0.05, 0) is 43.9 Å². The highest BCUT2D eigenvalue weighted by Crippen LogP contribution is 2.26. The second-order valence-electron chi connectivity index (χ2n) is 5.15. The van der Waals surface area contributed by atoms with Crippen LogP contribution in [0.3, 0.4) is 0 Å². The van der Waals surface area contributed by atoms with Crippen LogP contribution in [0.1, 0.15) is 34.3 Å². The van der Waals surface area contributed by atoms with Crippen LogP contribution in [0, 0.1) is 13.8 Å². The summed E-state index contributed by atoms with van der Waals surface area (Å²) in [6.45, 7) is 5.22. The van der Waals surface area contributed by atoms with Crippen molar-refractivity contribution in [2.45, 2.75) is 32.7 Å². The largest absolute Gasteiger partial charge is 0.395 e. The van der Waals surface area contributed by atoms with E-state index in [-0.39, 0.29) is 12.4 Å². The number of ketones is 1. The fourth-order valence-electron chi connectivity index (χ4n) is 2.15. The van der Waals surface area contributed by atoms with Gasteiger partial charge in [0.25, 0.3) is 0 Å². The Morgan fingerprint density at radius 2 is 2.06 bits per heavy atom. The summed E-state index contributed by atoms with van der Waals surface area (Å²) in [5.74, 6) is 0.151. The standard InChI is InChI=1S/C15H21NO2/c1-11-3-4-13(9-12(11)2)15(18)10-16(7-8-17)14-5-6-14/h3-4,9,14,17H,5-8,10H2,1-2H3. The van der Waals surface area contributed by atoms with Crippen molar-refractivity contribution in [3.63, 3.8) is 0 Å². The Bertz CT molecular complexity index is 438. The lowest BCUT2D eigenvalue weighted by atomic mass is 10.0. The van der Waals surface area contributed by atoms with Crippen molar-refractivity contribution >= 4 is 5.78 Å². The van der Waals surface area contributed by atoms with E-state index >= 15 is 0 Å². The Kier molecular flexibility index (Phi) is 4.15. The normalized spacial score (nSPS) is 15.1. The van der Waals surface area contributed by atoms with Gasteiger partial charge >= 0.3 is 0 Å². The predicted molar refractivity (Wildman–Crippen MR) is 71.9 cm³/mol. The highest BCUT2D eigenvalue weighted by atomic mass is 16.3. The van der Waals surface area contributed by atoms with Crippen molar-refractivity contribution in [2.24, 2.45) is 0 Å². The molecule has 0 aliphatic heterocycles. The van der Waals surface area contributed by atoms with Crippen molar-refractivity contribution in [3.8, 4) is 0 Å². The van der Waals surface area contributed by atoms with Crippen molar-refractivity contribution in [2.75, 3.05) is 19.7 Å². The highest BCUT2D eigenvalue weighted by Gasteiger charge is 2.29. The Morgan fingerprint density at radius 1 is 1.33 bits per heavy atom. The Hall–Kier alpha value is -1.19. The van der Waals surface area contributed by atoms with Gasteiger partial charge in [0.2, 0.25) is 0 Å². The average Bonchev–Trinajstić information content (AvgIpc) is 3.16. The molecule has 0 spiro atoms. The van der Waals surface area contributed by atoms with Gasteiger partial charge in [-0.3, -0.25) is 9.69 Å². The van der Waals surface area contributed by atoms with E-state index in [9.17, 15) is 4.79 Å². The number of Topliss-reactive ketones (excluding diaryl/α,β-unsaturated/α-hetero) is 1. The van der Waals surface area contributed by atoms with Gasteiger partial charge in [-0.15, -0.1) is 0 Å². The molecule has 1 aromatic carbocycles. The van der Waals surface area contributed by atoms with Gasteiger partial charge in [-0.2, -0.15) is 0 Å². The molecule has 0 saturated heterocycles. The van der Waals surface area contributed by atoms with Gasteiger partial charge in [0.05, 0.1) is 13.2 Å². The van der Waals surface area contributed by atoms with Crippen LogP contribution in [-0.2, 0) is 0 Å². The molecule has 98 valence electrons. The van der Waals surface area contributed by atoms with Crippen LogP contribution in [0.15, 0.2) is 18.2 Å². The van der Waals surface area contributed by atoms with Gasteiger partial charge in [0.1, 0.15) is 0 Å². The van der Waals surface area contributed by atoms with Crippen LogP contribution in [0.4, 0.5) is 0 Å². The van der Waals surface area contributed by atoms with Gasteiger partial charge in [0, 0.05) is 18.2 Å². The number of carbonyl (C=O) groups excluding carboxylic acids is 1. The molecule has 2 rings (SSSR count). The first-order chi connectivity index (χ1) is 8.61. The molecule has 3 nitrogen and oxygen atoms in total. The first kappa shape index (κ1) is 13.2. The first-order valence-electron chi connectivity index (χ1n) is 6.57. The number of hydrogen-bond donors (Lipinski definition) is 1. The fraction of sp³-hybridized carbons (Fsp3) is 0.533. The van der Waals surface area contributed by atoms with E-state index < -0.39 is 0 Å². The molecule has 0 bridgehead atoms. The highest BCUT2D eigenvalue weighted by molar-refractivity contribution is 5.97. The van der Waals surface area contributed by atoms with E-state index in [1.165, 1.54) is 5.56 Å². The summed E-state index contributed by atoms with van der Waals surface area (Å²) in [5, 5.41) is 9.02. The lowest BCUT2D eigenvalue weighted by Gasteiger charge is -2.19. The van der Waals surface area contributed by atoms with Crippen LogP contribution in [0.2, 0.25) is 0 Å². The van der Waals surface area contributed by atoms with E-state index in [2.05, 4.69) is 4.90 Å². The second-order valence-corrected chi connectivity index (χ2v) is 5.15. The molecule has 0 heterocycles. The van der Waals surface area contributed by atoms with E-state index in [0.29, 0.717) is 19.1 Å². The number of aliphatic hydroxyl groups excluding tert-OH is 1. The number of aliphatic hydroxyl groups is 1. The molecule has 1 aromatic rings. The third kappa shape index (κ3) is 3.18. The molecule has 0 atom stereocenters. The van der Waals surface area contributed by atoms with Crippen LogP contribution in [0.25, 0.3) is 0 Å². The van der Waals surface area contributed by atoms with Crippen molar-refractivity contribution < 1.29 is 9.90 Å². The van der Waals surface area contributed by atoms with Crippen LogP contribution in [0.5, 0.6) is 0 Å². The monoisotopic (exact) mass is 247 g/mol. The lowest BCUT2D eigenvalue weighted by molar-refractivity contribution is 0.0907. The maximum Gasteiger partial charge on any atom is 0.176 e. The minimum Gasteiger partial charge on any atom is -0.395 e. The summed E-state index contributed by atoms with van der Waals surface area (Å²) in [6.07, 6.45) is 2.31. The molecule has 1 N–H and O–H groups in total. The third-order valence-electron chi connectivity index (χ3n) is 3.63. The molecule has 1 saturated carbocycles. The van der Waals surface area contributed by atoms with Crippen molar-refractivity contribution in [1.29, 1.82) is 0 Å². The number of hydrogen-bond acceptors (Lipinski definition) is 3. The minimum atomic E-state index is 0.122. The molecule has 1 aliphatic rings. The summed E-state index contributed by atoms with van der Waals surface area (Å²) in [5.41, 5.74) is 3.14. The van der Waals surface area contributed by atoms with E-state index in [4.69, 9.17) is 5.11 Å². The van der Waals surface area contributed by atoms with Gasteiger partial charge in [0.15, 0.2) is 5.78 Å². The molecule has 0 unspecified atom stereocenters. The zero-order valence-electron chi connectivity index (χ0n) is 11.1. The first-order valence-corrected chi connectivity index (χ1v) is 6.57. The Balaban J connectivity index is 2.03. The molecule has 0 aromatic heterocycles. The van der Waals surface area contributed by atoms with Crippen LogP contribution >= 0.6 is 0 Å². The van der Waals surface area contributed by atoms with Gasteiger partial charge in [-0.25, -0.2) is 0 Å². The molecule has 0 radical (unpaired) electrons. The molecule has 0 amide bonds. The number of rotatable bonds is 6.